The zero-order valence-corrected chi connectivity index (χ0v) is 12.9. The monoisotopic (exact) mass is 344 g/mol. The summed E-state index contributed by atoms with van der Waals surface area (Å²) in [5.74, 6) is -0.948. The lowest BCUT2D eigenvalue weighted by Gasteiger charge is -2.10. The SMILES string of the molecule is CCC[C@@H](Br)C(=O)NCCC(=O)Nc1ccccc1F. The van der Waals surface area contributed by atoms with Crippen molar-refractivity contribution >= 4 is 33.4 Å². The van der Waals surface area contributed by atoms with Crippen LogP contribution in [-0.4, -0.2) is 23.2 Å². The van der Waals surface area contributed by atoms with Gasteiger partial charge in [-0.15, -0.1) is 0 Å². The van der Waals surface area contributed by atoms with E-state index in [9.17, 15) is 14.0 Å². The highest BCUT2D eigenvalue weighted by atomic mass is 79.9. The first kappa shape index (κ1) is 16.6. The van der Waals surface area contributed by atoms with Crippen molar-refractivity contribution in [1.82, 2.24) is 5.32 Å². The zero-order chi connectivity index (χ0) is 15.0. The molecule has 0 radical (unpaired) electrons. The fraction of sp³-hybridized carbons (Fsp3) is 0.429. The van der Waals surface area contributed by atoms with E-state index < -0.39 is 5.82 Å². The van der Waals surface area contributed by atoms with Crippen molar-refractivity contribution in [2.24, 2.45) is 0 Å². The molecule has 0 saturated carbocycles. The van der Waals surface area contributed by atoms with E-state index >= 15 is 0 Å². The Bertz CT molecular complexity index is 468. The van der Waals surface area contributed by atoms with Crippen molar-refractivity contribution in [2.45, 2.75) is 31.0 Å². The molecule has 2 N–H and O–H groups in total. The highest BCUT2D eigenvalue weighted by Gasteiger charge is 2.13. The number of hydrogen-bond donors (Lipinski definition) is 2. The Morgan fingerprint density at radius 2 is 2.05 bits per heavy atom. The molecule has 20 heavy (non-hydrogen) atoms. The molecule has 2 amide bonds. The molecule has 0 aliphatic carbocycles. The molecular formula is C14H18BrFN2O2. The van der Waals surface area contributed by atoms with Crippen LogP contribution < -0.4 is 10.6 Å². The van der Waals surface area contributed by atoms with E-state index in [0.29, 0.717) is 0 Å². The van der Waals surface area contributed by atoms with E-state index in [4.69, 9.17) is 0 Å². The normalized spacial score (nSPS) is 11.8. The Morgan fingerprint density at radius 3 is 2.70 bits per heavy atom. The summed E-state index contributed by atoms with van der Waals surface area (Å²) < 4.78 is 13.3. The van der Waals surface area contributed by atoms with Crippen LogP contribution >= 0.6 is 15.9 Å². The molecule has 1 aromatic carbocycles. The first-order chi connectivity index (χ1) is 9.54. The molecule has 0 saturated heterocycles. The number of amides is 2. The number of benzene rings is 1. The fourth-order valence-electron chi connectivity index (χ4n) is 1.57. The second kappa shape index (κ2) is 8.68. The molecule has 0 heterocycles. The Balaban J connectivity index is 2.31. The number of alkyl halides is 1. The molecular weight excluding hydrogens is 327 g/mol. The lowest BCUT2D eigenvalue weighted by Crippen LogP contribution is -2.33. The van der Waals surface area contributed by atoms with Crippen LogP contribution in [-0.2, 0) is 9.59 Å². The summed E-state index contributed by atoms with van der Waals surface area (Å²) in [5, 5.41) is 5.12. The first-order valence-corrected chi connectivity index (χ1v) is 7.42. The lowest BCUT2D eigenvalue weighted by atomic mass is 10.2. The highest BCUT2D eigenvalue weighted by molar-refractivity contribution is 9.10. The molecule has 4 nitrogen and oxygen atoms in total. The number of nitrogens with one attached hydrogen (secondary N) is 2. The van der Waals surface area contributed by atoms with Gasteiger partial charge in [0.25, 0.3) is 0 Å². The molecule has 1 rings (SSSR count). The van der Waals surface area contributed by atoms with Gasteiger partial charge >= 0.3 is 0 Å². The summed E-state index contributed by atoms with van der Waals surface area (Å²) in [4.78, 5) is 22.9. The number of para-hydroxylation sites is 1. The Hall–Kier alpha value is -1.43. The van der Waals surface area contributed by atoms with Crippen LogP contribution in [0.25, 0.3) is 0 Å². The van der Waals surface area contributed by atoms with Crippen molar-refractivity contribution in [1.29, 1.82) is 0 Å². The largest absolute Gasteiger partial charge is 0.355 e. The topological polar surface area (TPSA) is 58.2 Å². The van der Waals surface area contributed by atoms with Crippen LogP contribution in [0.3, 0.4) is 0 Å². The summed E-state index contributed by atoms with van der Waals surface area (Å²) in [6.07, 6.45) is 1.75. The third kappa shape index (κ3) is 5.69. The molecule has 0 aromatic heterocycles. The Kier molecular flexibility index (Phi) is 7.22. The molecule has 0 spiro atoms. The summed E-state index contributed by atoms with van der Waals surface area (Å²) in [7, 11) is 0. The van der Waals surface area contributed by atoms with Crippen LogP contribution in [0.2, 0.25) is 0 Å². The van der Waals surface area contributed by atoms with Gasteiger partial charge in [0.2, 0.25) is 11.8 Å². The molecule has 0 aliphatic heterocycles. The number of carbonyl (C=O) groups is 2. The van der Waals surface area contributed by atoms with Gasteiger partial charge in [-0.2, -0.15) is 0 Å². The van der Waals surface area contributed by atoms with Crippen LogP contribution in [0.15, 0.2) is 24.3 Å². The first-order valence-electron chi connectivity index (χ1n) is 6.50. The van der Waals surface area contributed by atoms with E-state index in [1.807, 2.05) is 6.92 Å². The van der Waals surface area contributed by atoms with Gasteiger partial charge in [0.15, 0.2) is 0 Å². The fourth-order valence-corrected chi connectivity index (χ4v) is 2.19. The summed E-state index contributed by atoms with van der Waals surface area (Å²) >= 11 is 3.27. The van der Waals surface area contributed by atoms with Gasteiger partial charge in [-0.05, 0) is 18.6 Å². The van der Waals surface area contributed by atoms with Crippen LogP contribution in [0.5, 0.6) is 0 Å². The quantitative estimate of drug-likeness (QED) is 0.747. The van der Waals surface area contributed by atoms with Gasteiger partial charge in [0, 0.05) is 13.0 Å². The third-order valence-corrected chi connectivity index (χ3v) is 3.50. The molecule has 0 aliphatic rings. The minimum absolute atomic E-state index is 0.103. The van der Waals surface area contributed by atoms with Crippen LogP contribution in [0, 0.1) is 5.82 Å². The minimum Gasteiger partial charge on any atom is -0.355 e. The van der Waals surface area contributed by atoms with Crippen molar-refractivity contribution < 1.29 is 14.0 Å². The minimum atomic E-state index is -0.478. The van der Waals surface area contributed by atoms with E-state index in [2.05, 4.69) is 26.6 Å². The van der Waals surface area contributed by atoms with Gasteiger partial charge < -0.3 is 10.6 Å². The van der Waals surface area contributed by atoms with Gasteiger partial charge in [-0.1, -0.05) is 41.4 Å². The molecule has 6 heteroatoms. The molecule has 1 aromatic rings. The molecule has 1 atom stereocenters. The summed E-state index contributed by atoms with van der Waals surface area (Å²) in [5.41, 5.74) is 0.146. The number of halogens is 2. The van der Waals surface area contributed by atoms with Crippen LogP contribution in [0.4, 0.5) is 10.1 Å². The maximum atomic E-state index is 13.3. The smallest absolute Gasteiger partial charge is 0.233 e. The predicted molar refractivity (Wildman–Crippen MR) is 80.3 cm³/mol. The van der Waals surface area contributed by atoms with E-state index in [-0.39, 0.29) is 35.3 Å². The second-order valence-corrected chi connectivity index (χ2v) is 5.43. The maximum Gasteiger partial charge on any atom is 0.233 e. The van der Waals surface area contributed by atoms with Crippen LogP contribution in [0.1, 0.15) is 26.2 Å². The van der Waals surface area contributed by atoms with Crippen molar-refractivity contribution in [3.05, 3.63) is 30.1 Å². The van der Waals surface area contributed by atoms with Gasteiger partial charge in [0.05, 0.1) is 10.5 Å². The third-order valence-electron chi connectivity index (χ3n) is 2.63. The number of anilines is 1. The van der Waals surface area contributed by atoms with Crippen molar-refractivity contribution in [3.63, 3.8) is 0 Å². The molecule has 0 bridgehead atoms. The zero-order valence-electron chi connectivity index (χ0n) is 11.3. The number of hydrogen-bond acceptors (Lipinski definition) is 2. The highest BCUT2D eigenvalue weighted by Crippen LogP contribution is 2.12. The second-order valence-electron chi connectivity index (χ2n) is 4.33. The predicted octanol–water partition coefficient (Wildman–Crippen LogP) is 2.83. The van der Waals surface area contributed by atoms with Gasteiger partial charge in [-0.3, -0.25) is 9.59 Å². The summed E-state index contributed by atoms with van der Waals surface area (Å²) in [6.45, 7) is 2.22. The molecule has 0 fully saturated rings. The molecule has 0 unspecified atom stereocenters. The van der Waals surface area contributed by atoms with Gasteiger partial charge in [-0.25, -0.2) is 4.39 Å². The Morgan fingerprint density at radius 1 is 1.35 bits per heavy atom. The van der Waals surface area contributed by atoms with E-state index in [1.165, 1.54) is 12.1 Å². The van der Waals surface area contributed by atoms with E-state index in [0.717, 1.165) is 12.8 Å². The van der Waals surface area contributed by atoms with Gasteiger partial charge in [0.1, 0.15) is 5.82 Å². The summed E-state index contributed by atoms with van der Waals surface area (Å²) in [6, 6.07) is 5.95. The average molecular weight is 345 g/mol. The molecule has 110 valence electrons. The maximum absolute atomic E-state index is 13.3. The van der Waals surface area contributed by atoms with Crippen molar-refractivity contribution in [2.75, 3.05) is 11.9 Å². The lowest BCUT2D eigenvalue weighted by molar-refractivity contribution is -0.120. The van der Waals surface area contributed by atoms with Crippen molar-refractivity contribution in [3.8, 4) is 0 Å². The standard InChI is InChI=1S/C14H18BrFN2O2/c1-2-5-10(15)14(20)17-9-8-13(19)18-12-7-4-3-6-11(12)16/h3-4,6-7,10H,2,5,8-9H2,1H3,(H,17,20)(H,18,19)/t10-/m1/s1. The average Bonchev–Trinajstić information content (AvgIpc) is 2.41. The number of carbonyl (C=O) groups excluding carboxylic acids is 2. The van der Waals surface area contributed by atoms with E-state index in [1.54, 1.807) is 12.1 Å². The number of rotatable bonds is 7. The Labute approximate surface area is 126 Å².